The topological polar surface area (TPSA) is 84.9 Å². The van der Waals surface area contributed by atoms with Crippen molar-refractivity contribution in [1.29, 1.82) is 0 Å². The van der Waals surface area contributed by atoms with Crippen molar-refractivity contribution in [2.24, 2.45) is 0 Å². The van der Waals surface area contributed by atoms with Crippen molar-refractivity contribution in [3.8, 4) is 11.5 Å². The second-order valence-corrected chi connectivity index (χ2v) is 10.6. The zero-order valence-corrected chi connectivity index (χ0v) is 24.4. The van der Waals surface area contributed by atoms with E-state index in [0.29, 0.717) is 30.3 Å². The lowest BCUT2D eigenvalue weighted by molar-refractivity contribution is -0.122. The van der Waals surface area contributed by atoms with Crippen LogP contribution in [0.1, 0.15) is 29.2 Å². The number of nitrogens with one attached hydrogen (secondary N) is 1. The van der Waals surface area contributed by atoms with Gasteiger partial charge in [-0.05, 0) is 90.9 Å². The SMILES string of the molecule is CCOc1cc(/C=C2\C(=O)NC(=O)N(c3ccc(Cl)c(Cl)c3)C2=O)cc(I)c1OCc1cc(C)cc(C)c1. The lowest BCUT2D eigenvalue weighted by Gasteiger charge is -2.26. The molecule has 1 aliphatic heterocycles. The summed E-state index contributed by atoms with van der Waals surface area (Å²) in [4.78, 5) is 39.3. The molecule has 0 bridgehead atoms. The van der Waals surface area contributed by atoms with E-state index < -0.39 is 17.8 Å². The zero-order valence-electron chi connectivity index (χ0n) is 20.7. The predicted molar refractivity (Wildman–Crippen MR) is 156 cm³/mol. The molecule has 4 rings (SSSR count). The summed E-state index contributed by atoms with van der Waals surface area (Å²) in [5.41, 5.74) is 3.81. The Labute approximate surface area is 243 Å². The highest BCUT2D eigenvalue weighted by Crippen LogP contribution is 2.36. The average molecular weight is 665 g/mol. The van der Waals surface area contributed by atoms with Crippen molar-refractivity contribution < 1.29 is 23.9 Å². The Morgan fingerprint density at radius 2 is 1.66 bits per heavy atom. The summed E-state index contributed by atoms with van der Waals surface area (Å²) in [5.74, 6) is -0.572. The Morgan fingerprint density at radius 1 is 0.947 bits per heavy atom. The molecule has 0 aliphatic carbocycles. The van der Waals surface area contributed by atoms with Gasteiger partial charge < -0.3 is 9.47 Å². The van der Waals surface area contributed by atoms with Crippen molar-refractivity contribution in [3.05, 3.63) is 90.0 Å². The molecule has 1 N–H and O–H groups in total. The fourth-order valence-electron chi connectivity index (χ4n) is 4.06. The summed E-state index contributed by atoms with van der Waals surface area (Å²) >= 11 is 14.2. The molecule has 0 unspecified atom stereocenters. The van der Waals surface area contributed by atoms with E-state index in [1.165, 1.54) is 24.3 Å². The fourth-order valence-corrected chi connectivity index (χ4v) is 5.14. The first-order chi connectivity index (χ1) is 18.1. The van der Waals surface area contributed by atoms with E-state index in [0.717, 1.165) is 25.2 Å². The highest BCUT2D eigenvalue weighted by atomic mass is 127. The summed E-state index contributed by atoms with van der Waals surface area (Å²) in [6.45, 7) is 6.65. The lowest BCUT2D eigenvalue weighted by Crippen LogP contribution is -2.54. The lowest BCUT2D eigenvalue weighted by atomic mass is 10.1. The number of rotatable bonds is 7. The molecule has 4 amide bonds. The van der Waals surface area contributed by atoms with Crippen molar-refractivity contribution in [2.45, 2.75) is 27.4 Å². The number of carbonyl (C=O) groups is 3. The van der Waals surface area contributed by atoms with E-state index >= 15 is 0 Å². The molecule has 3 aromatic rings. The molecule has 0 spiro atoms. The van der Waals surface area contributed by atoms with Gasteiger partial charge in [0, 0.05) is 0 Å². The van der Waals surface area contributed by atoms with Gasteiger partial charge in [-0.3, -0.25) is 14.9 Å². The Balaban J connectivity index is 1.67. The number of hydrogen-bond acceptors (Lipinski definition) is 5. The molecule has 1 aliphatic rings. The number of halogens is 3. The summed E-state index contributed by atoms with van der Waals surface area (Å²) in [5, 5.41) is 2.64. The minimum Gasteiger partial charge on any atom is -0.490 e. The monoisotopic (exact) mass is 664 g/mol. The molecule has 3 aromatic carbocycles. The number of hydrogen-bond donors (Lipinski definition) is 1. The molecular formula is C28H23Cl2IN2O5. The second-order valence-electron chi connectivity index (χ2n) is 8.60. The molecule has 38 heavy (non-hydrogen) atoms. The zero-order chi connectivity index (χ0) is 27.6. The standard InChI is InChI=1S/C28H23Cl2IN2O5/c1-4-37-24-12-17(11-23(31)25(24)38-14-18-8-15(2)7-16(3)9-18)10-20-26(34)32-28(36)33(27(20)35)19-5-6-21(29)22(30)13-19/h5-13H,4,14H2,1-3H3,(H,32,34,36)/b20-10+. The van der Waals surface area contributed by atoms with Crippen molar-refractivity contribution in [2.75, 3.05) is 11.5 Å². The highest BCUT2D eigenvalue weighted by Gasteiger charge is 2.37. The minimum absolute atomic E-state index is 0.166. The highest BCUT2D eigenvalue weighted by molar-refractivity contribution is 14.1. The van der Waals surface area contributed by atoms with E-state index in [9.17, 15) is 14.4 Å². The Morgan fingerprint density at radius 3 is 2.32 bits per heavy atom. The van der Waals surface area contributed by atoms with E-state index in [1.54, 1.807) is 12.1 Å². The largest absolute Gasteiger partial charge is 0.490 e. The molecule has 196 valence electrons. The van der Waals surface area contributed by atoms with Crippen LogP contribution in [-0.2, 0) is 16.2 Å². The van der Waals surface area contributed by atoms with Gasteiger partial charge in [-0.25, -0.2) is 9.69 Å². The number of ether oxygens (including phenoxy) is 2. The van der Waals surface area contributed by atoms with Gasteiger partial charge in [-0.15, -0.1) is 0 Å². The van der Waals surface area contributed by atoms with Crippen LogP contribution in [0.3, 0.4) is 0 Å². The molecule has 0 saturated carbocycles. The maximum absolute atomic E-state index is 13.3. The normalized spacial score (nSPS) is 14.6. The second kappa shape index (κ2) is 11.8. The minimum atomic E-state index is -0.879. The number of nitrogens with zero attached hydrogens (tertiary/aromatic N) is 1. The van der Waals surface area contributed by atoms with Crippen LogP contribution in [0.4, 0.5) is 10.5 Å². The van der Waals surface area contributed by atoms with Crippen LogP contribution in [0.15, 0.2) is 54.1 Å². The number of carbonyl (C=O) groups excluding carboxylic acids is 3. The smallest absolute Gasteiger partial charge is 0.335 e. The van der Waals surface area contributed by atoms with Gasteiger partial charge in [0.25, 0.3) is 11.8 Å². The number of aryl methyl sites for hydroxylation is 2. The summed E-state index contributed by atoms with van der Waals surface area (Å²) in [6.07, 6.45) is 1.41. The molecule has 7 nitrogen and oxygen atoms in total. The van der Waals surface area contributed by atoms with Gasteiger partial charge in [0.05, 0.1) is 25.9 Å². The summed E-state index contributed by atoms with van der Waals surface area (Å²) < 4.78 is 12.7. The van der Waals surface area contributed by atoms with Gasteiger partial charge in [-0.2, -0.15) is 0 Å². The molecule has 1 saturated heterocycles. The number of barbiturate groups is 1. The van der Waals surface area contributed by atoms with Crippen LogP contribution in [0.25, 0.3) is 6.08 Å². The summed E-state index contributed by atoms with van der Waals surface area (Å²) in [7, 11) is 0. The molecule has 1 heterocycles. The molecular weight excluding hydrogens is 642 g/mol. The summed E-state index contributed by atoms with van der Waals surface area (Å²) in [6, 6.07) is 13.1. The molecule has 1 fully saturated rings. The number of benzene rings is 3. The van der Waals surface area contributed by atoms with Crippen molar-refractivity contribution in [1.82, 2.24) is 5.32 Å². The third kappa shape index (κ3) is 6.14. The first kappa shape index (κ1) is 27.9. The maximum Gasteiger partial charge on any atom is 0.335 e. The van der Waals surface area contributed by atoms with Crippen LogP contribution in [0, 0.1) is 17.4 Å². The van der Waals surface area contributed by atoms with E-state index in [1.807, 2.05) is 20.8 Å². The van der Waals surface area contributed by atoms with Gasteiger partial charge in [0.15, 0.2) is 11.5 Å². The predicted octanol–water partition coefficient (Wildman–Crippen LogP) is 6.86. The third-order valence-corrected chi connectivity index (χ3v) is 7.11. The number of amides is 4. The van der Waals surface area contributed by atoms with Crippen LogP contribution in [-0.4, -0.2) is 24.5 Å². The maximum atomic E-state index is 13.3. The Kier molecular flexibility index (Phi) is 8.64. The Bertz CT molecular complexity index is 1470. The number of imide groups is 2. The van der Waals surface area contributed by atoms with Gasteiger partial charge in [-0.1, -0.05) is 52.5 Å². The molecule has 0 radical (unpaired) electrons. The van der Waals surface area contributed by atoms with E-state index in [-0.39, 0.29) is 21.3 Å². The number of anilines is 1. The molecule has 0 atom stereocenters. The molecule has 10 heteroatoms. The van der Waals surface area contributed by atoms with Crippen LogP contribution in [0.2, 0.25) is 10.0 Å². The first-order valence-electron chi connectivity index (χ1n) is 11.6. The van der Waals surface area contributed by atoms with E-state index in [4.69, 9.17) is 32.7 Å². The number of urea groups is 1. The first-order valence-corrected chi connectivity index (χ1v) is 13.4. The molecule has 0 aromatic heterocycles. The van der Waals surface area contributed by atoms with Gasteiger partial charge in [0.2, 0.25) is 0 Å². The van der Waals surface area contributed by atoms with Crippen LogP contribution < -0.4 is 19.7 Å². The van der Waals surface area contributed by atoms with E-state index in [2.05, 4.69) is 46.1 Å². The average Bonchev–Trinajstić information content (AvgIpc) is 2.83. The van der Waals surface area contributed by atoms with Crippen LogP contribution >= 0.6 is 45.8 Å². The van der Waals surface area contributed by atoms with Gasteiger partial charge in [0.1, 0.15) is 12.2 Å². The van der Waals surface area contributed by atoms with Crippen LogP contribution in [0.5, 0.6) is 11.5 Å². The Hall–Kier alpha value is -3.08. The quantitative estimate of drug-likeness (QED) is 0.170. The fraction of sp³-hybridized carbons (Fsp3) is 0.179. The van der Waals surface area contributed by atoms with Crippen molar-refractivity contribution >= 4 is 75.4 Å². The third-order valence-electron chi connectivity index (χ3n) is 5.57. The van der Waals surface area contributed by atoms with Gasteiger partial charge >= 0.3 is 6.03 Å². The van der Waals surface area contributed by atoms with Crippen molar-refractivity contribution in [3.63, 3.8) is 0 Å².